The summed E-state index contributed by atoms with van der Waals surface area (Å²) in [5, 5.41) is 2.90. The lowest BCUT2D eigenvalue weighted by Gasteiger charge is -2.03. The van der Waals surface area contributed by atoms with E-state index in [1.807, 2.05) is 43.3 Å². The van der Waals surface area contributed by atoms with Crippen LogP contribution in [0.25, 0.3) is 11.6 Å². The lowest BCUT2D eigenvalue weighted by molar-refractivity contribution is -0.110. The van der Waals surface area contributed by atoms with E-state index in [4.69, 9.17) is 0 Å². The molecule has 0 aliphatic carbocycles. The van der Waals surface area contributed by atoms with Crippen LogP contribution in [-0.2, 0) is 4.79 Å². The van der Waals surface area contributed by atoms with Crippen molar-refractivity contribution in [3.8, 4) is 0 Å². The van der Waals surface area contributed by atoms with E-state index in [1.165, 1.54) is 5.56 Å². The molecule has 100 valence electrons. The molecule has 1 N–H and O–H groups in total. The van der Waals surface area contributed by atoms with Crippen molar-refractivity contribution in [1.29, 1.82) is 0 Å². The van der Waals surface area contributed by atoms with E-state index in [0.717, 1.165) is 25.8 Å². The molecule has 2 aromatic carbocycles. The fourth-order valence-electron chi connectivity index (χ4n) is 2.29. The molecule has 0 spiro atoms. The molecular weight excluding hydrogens is 382 g/mol. The number of carbonyl (C=O) groups excluding carboxylic acids is 1. The van der Waals surface area contributed by atoms with Gasteiger partial charge in [0.15, 0.2) is 0 Å². The fraction of sp³-hybridized carbons (Fsp3) is 0.0625. The van der Waals surface area contributed by atoms with E-state index in [1.54, 1.807) is 0 Å². The van der Waals surface area contributed by atoms with Crippen LogP contribution in [0.2, 0.25) is 0 Å². The summed E-state index contributed by atoms with van der Waals surface area (Å²) in [6, 6.07) is 12.0. The maximum Gasteiger partial charge on any atom is 0.256 e. The van der Waals surface area contributed by atoms with Crippen LogP contribution in [0.1, 0.15) is 16.7 Å². The summed E-state index contributed by atoms with van der Waals surface area (Å²) in [5.74, 6) is -0.0692. The number of carbonyl (C=O) groups is 1. The van der Waals surface area contributed by atoms with Crippen LogP contribution in [-0.4, -0.2) is 5.91 Å². The Morgan fingerprint density at radius 3 is 2.70 bits per heavy atom. The van der Waals surface area contributed by atoms with Gasteiger partial charge in [0.25, 0.3) is 5.91 Å². The van der Waals surface area contributed by atoms with E-state index in [9.17, 15) is 4.79 Å². The van der Waals surface area contributed by atoms with Crippen LogP contribution in [0.5, 0.6) is 0 Å². The zero-order valence-electron chi connectivity index (χ0n) is 10.7. The third kappa shape index (κ3) is 2.45. The minimum absolute atomic E-state index is 0.0692. The second kappa shape index (κ2) is 5.19. The van der Waals surface area contributed by atoms with Gasteiger partial charge in [-0.3, -0.25) is 4.79 Å². The number of anilines is 1. The average molecular weight is 393 g/mol. The molecule has 20 heavy (non-hydrogen) atoms. The molecule has 0 saturated heterocycles. The Balaban J connectivity index is 2.15. The highest BCUT2D eigenvalue weighted by Crippen LogP contribution is 2.40. The Morgan fingerprint density at radius 1 is 1.15 bits per heavy atom. The Labute approximate surface area is 134 Å². The van der Waals surface area contributed by atoms with Crippen molar-refractivity contribution in [3.63, 3.8) is 0 Å². The van der Waals surface area contributed by atoms with Gasteiger partial charge in [-0.05, 0) is 46.6 Å². The SMILES string of the molecule is Cc1cccc(C=C2C(=O)Nc3c(Br)cc(Br)cc32)c1. The molecule has 1 amide bonds. The van der Waals surface area contributed by atoms with E-state index >= 15 is 0 Å². The highest BCUT2D eigenvalue weighted by molar-refractivity contribution is 9.11. The molecule has 1 aliphatic rings. The van der Waals surface area contributed by atoms with Crippen molar-refractivity contribution < 1.29 is 4.79 Å². The van der Waals surface area contributed by atoms with E-state index in [0.29, 0.717) is 5.57 Å². The molecule has 2 aromatic rings. The molecule has 2 nitrogen and oxygen atoms in total. The molecule has 0 saturated carbocycles. The minimum Gasteiger partial charge on any atom is -0.320 e. The number of hydrogen-bond donors (Lipinski definition) is 1. The first-order chi connectivity index (χ1) is 9.54. The van der Waals surface area contributed by atoms with Crippen LogP contribution < -0.4 is 5.32 Å². The molecule has 1 heterocycles. The van der Waals surface area contributed by atoms with E-state index in [-0.39, 0.29) is 5.91 Å². The van der Waals surface area contributed by atoms with Crippen LogP contribution in [0.15, 0.2) is 45.3 Å². The van der Waals surface area contributed by atoms with Crippen molar-refractivity contribution in [1.82, 2.24) is 0 Å². The maximum atomic E-state index is 12.2. The van der Waals surface area contributed by atoms with Crippen molar-refractivity contribution in [2.24, 2.45) is 0 Å². The zero-order valence-corrected chi connectivity index (χ0v) is 13.9. The molecule has 0 aromatic heterocycles. The minimum atomic E-state index is -0.0692. The highest BCUT2D eigenvalue weighted by atomic mass is 79.9. The van der Waals surface area contributed by atoms with Gasteiger partial charge < -0.3 is 5.32 Å². The maximum absolute atomic E-state index is 12.2. The molecule has 0 unspecified atom stereocenters. The Kier molecular flexibility index (Phi) is 3.52. The summed E-state index contributed by atoms with van der Waals surface area (Å²) < 4.78 is 1.82. The Bertz CT molecular complexity index is 750. The fourth-order valence-corrected chi connectivity index (χ4v) is 3.61. The normalized spacial score (nSPS) is 15.3. The third-order valence-corrected chi connectivity index (χ3v) is 4.26. The molecular formula is C16H11Br2NO. The Hall–Kier alpha value is -1.39. The van der Waals surface area contributed by atoms with Crippen molar-refractivity contribution in [2.45, 2.75) is 6.92 Å². The van der Waals surface area contributed by atoms with Crippen LogP contribution in [0.4, 0.5) is 5.69 Å². The standard InChI is InChI=1S/C16H11Br2NO/c1-9-3-2-4-10(5-9)6-13-12-7-11(17)8-14(18)15(12)19-16(13)20/h2-8H,1H3,(H,19,20). The van der Waals surface area contributed by atoms with Gasteiger partial charge in [0, 0.05) is 20.1 Å². The summed E-state index contributed by atoms with van der Waals surface area (Å²) in [6.07, 6.45) is 1.92. The van der Waals surface area contributed by atoms with Gasteiger partial charge in [0.1, 0.15) is 0 Å². The van der Waals surface area contributed by atoms with Gasteiger partial charge in [-0.15, -0.1) is 0 Å². The van der Waals surface area contributed by atoms with Gasteiger partial charge in [0.2, 0.25) is 0 Å². The predicted octanol–water partition coefficient (Wildman–Crippen LogP) is 5.01. The largest absolute Gasteiger partial charge is 0.320 e. The monoisotopic (exact) mass is 391 g/mol. The molecule has 3 rings (SSSR count). The smallest absolute Gasteiger partial charge is 0.256 e. The number of fused-ring (bicyclic) bond motifs is 1. The zero-order chi connectivity index (χ0) is 14.3. The first-order valence-electron chi connectivity index (χ1n) is 6.14. The summed E-state index contributed by atoms with van der Waals surface area (Å²) in [7, 11) is 0. The van der Waals surface area contributed by atoms with Crippen molar-refractivity contribution in [2.75, 3.05) is 5.32 Å². The quantitative estimate of drug-likeness (QED) is 0.678. The topological polar surface area (TPSA) is 29.1 Å². The van der Waals surface area contributed by atoms with Crippen LogP contribution in [0.3, 0.4) is 0 Å². The van der Waals surface area contributed by atoms with Gasteiger partial charge in [-0.1, -0.05) is 45.8 Å². The van der Waals surface area contributed by atoms with Gasteiger partial charge in [-0.25, -0.2) is 0 Å². The first kappa shape index (κ1) is 13.6. The average Bonchev–Trinajstić information content (AvgIpc) is 2.68. The number of amides is 1. The van der Waals surface area contributed by atoms with Gasteiger partial charge in [0.05, 0.1) is 5.69 Å². The lowest BCUT2D eigenvalue weighted by Crippen LogP contribution is -2.03. The second-order valence-corrected chi connectivity index (χ2v) is 6.51. The summed E-state index contributed by atoms with van der Waals surface area (Å²) in [4.78, 5) is 12.2. The first-order valence-corrected chi connectivity index (χ1v) is 7.72. The van der Waals surface area contributed by atoms with Crippen LogP contribution in [0, 0.1) is 6.92 Å². The van der Waals surface area contributed by atoms with Crippen molar-refractivity contribution >= 4 is 55.1 Å². The molecule has 1 aliphatic heterocycles. The second-order valence-electron chi connectivity index (χ2n) is 4.74. The Morgan fingerprint density at radius 2 is 1.95 bits per heavy atom. The van der Waals surface area contributed by atoms with Gasteiger partial charge >= 0.3 is 0 Å². The highest BCUT2D eigenvalue weighted by Gasteiger charge is 2.26. The number of rotatable bonds is 1. The summed E-state index contributed by atoms with van der Waals surface area (Å²) >= 11 is 6.94. The van der Waals surface area contributed by atoms with E-state index in [2.05, 4.69) is 43.2 Å². The number of nitrogens with one attached hydrogen (secondary N) is 1. The van der Waals surface area contributed by atoms with Gasteiger partial charge in [-0.2, -0.15) is 0 Å². The number of benzene rings is 2. The number of halogens is 2. The van der Waals surface area contributed by atoms with E-state index < -0.39 is 0 Å². The predicted molar refractivity (Wildman–Crippen MR) is 89.5 cm³/mol. The lowest BCUT2D eigenvalue weighted by atomic mass is 10.0. The molecule has 0 atom stereocenters. The summed E-state index contributed by atoms with van der Waals surface area (Å²) in [6.45, 7) is 2.04. The third-order valence-electron chi connectivity index (χ3n) is 3.18. The molecule has 0 radical (unpaired) electrons. The van der Waals surface area contributed by atoms with Crippen molar-refractivity contribution in [3.05, 3.63) is 62.0 Å². The molecule has 4 heteroatoms. The number of hydrogen-bond acceptors (Lipinski definition) is 1. The number of aryl methyl sites for hydroxylation is 1. The molecule has 0 fully saturated rings. The van der Waals surface area contributed by atoms with Crippen LogP contribution >= 0.6 is 31.9 Å². The molecule has 0 bridgehead atoms. The summed E-state index contributed by atoms with van der Waals surface area (Å²) in [5.41, 5.74) is 4.63.